The third-order valence-electron chi connectivity index (χ3n) is 2.76. The molecule has 2 aromatic rings. The first-order valence-electron chi connectivity index (χ1n) is 6.18. The van der Waals surface area contributed by atoms with Crippen LogP contribution in [0.1, 0.15) is 0 Å². The molecule has 0 saturated heterocycles. The van der Waals surface area contributed by atoms with Gasteiger partial charge in [-0.05, 0) is 54.7 Å². The predicted molar refractivity (Wildman–Crippen MR) is 90.8 cm³/mol. The molecule has 0 amide bonds. The monoisotopic (exact) mass is 322 g/mol. The first kappa shape index (κ1) is 15.4. The van der Waals surface area contributed by atoms with Gasteiger partial charge in [0.2, 0.25) is 0 Å². The summed E-state index contributed by atoms with van der Waals surface area (Å²) in [5.74, 6) is 1.45. The fourth-order valence-electron chi connectivity index (χ4n) is 1.74. The van der Waals surface area contributed by atoms with E-state index < -0.39 is 0 Å². The van der Waals surface area contributed by atoms with Crippen molar-refractivity contribution in [2.24, 2.45) is 0 Å². The highest BCUT2D eigenvalue weighted by Crippen LogP contribution is 2.27. The van der Waals surface area contributed by atoms with Crippen LogP contribution >= 0.6 is 23.8 Å². The van der Waals surface area contributed by atoms with Gasteiger partial charge in [0.25, 0.3) is 0 Å². The van der Waals surface area contributed by atoms with Gasteiger partial charge in [-0.2, -0.15) is 0 Å². The Hall–Kier alpha value is -1.98. The van der Waals surface area contributed by atoms with Crippen LogP contribution in [0.4, 0.5) is 11.4 Å². The van der Waals surface area contributed by atoms with Crippen molar-refractivity contribution >= 4 is 40.3 Å². The van der Waals surface area contributed by atoms with Crippen LogP contribution in [0, 0.1) is 0 Å². The van der Waals surface area contributed by atoms with Gasteiger partial charge >= 0.3 is 0 Å². The molecule has 110 valence electrons. The summed E-state index contributed by atoms with van der Waals surface area (Å²) in [5.41, 5.74) is 1.56. The molecule has 2 aromatic carbocycles. The molecule has 0 bridgehead atoms. The zero-order valence-electron chi connectivity index (χ0n) is 11.6. The maximum absolute atomic E-state index is 5.98. The van der Waals surface area contributed by atoms with Gasteiger partial charge in [-0.3, -0.25) is 0 Å². The van der Waals surface area contributed by atoms with Crippen LogP contribution in [0.15, 0.2) is 42.5 Å². The molecule has 0 aliphatic heterocycles. The van der Waals surface area contributed by atoms with Crippen LogP contribution in [0.3, 0.4) is 0 Å². The maximum atomic E-state index is 5.98. The Morgan fingerprint density at radius 3 is 2.33 bits per heavy atom. The third-order valence-corrected chi connectivity index (χ3v) is 3.20. The van der Waals surface area contributed by atoms with Crippen molar-refractivity contribution in [3.8, 4) is 11.5 Å². The van der Waals surface area contributed by atoms with Crippen molar-refractivity contribution in [2.75, 3.05) is 24.9 Å². The lowest BCUT2D eigenvalue weighted by Gasteiger charge is -2.14. The minimum absolute atomic E-state index is 0.445. The van der Waals surface area contributed by atoms with Crippen molar-refractivity contribution in [2.45, 2.75) is 0 Å². The Bertz CT molecular complexity index is 632. The quantitative estimate of drug-likeness (QED) is 0.827. The average Bonchev–Trinajstić information content (AvgIpc) is 2.48. The number of hydrogen-bond donors (Lipinski definition) is 2. The number of benzene rings is 2. The summed E-state index contributed by atoms with van der Waals surface area (Å²) in [4.78, 5) is 0. The number of thiocarbonyl (C=S) groups is 1. The van der Waals surface area contributed by atoms with Crippen LogP contribution in [-0.4, -0.2) is 19.3 Å². The lowest BCUT2D eigenvalue weighted by Crippen LogP contribution is -2.19. The molecule has 0 aromatic heterocycles. The Morgan fingerprint density at radius 1 is 1.00 bits per heavy atom. The van der Waals surface area contributed by atoms with E-state index in [1.807, 2.05) is 24.3 Å². The number of anilines is 2. The molecule has 0 heterocycles. The number of ether oxygens (including phenoxy) is 2. The van der Waals surface area contributed by atoms with E-state index in [0.717, 1.165) is 11.4 Å². The van der Waals surface area contributed by atoms with Gasteiger partial charge in [0.15, 0.2) is 5.11 Å². The topological polar surface area (TPSA) is 42.5 Å². The molecule has 4 nitrogen and oxygen atoms in total. The number of rotatable bonds is 4. The molecule has 2 rings (SSSR count). The molecule has 0 radical (unpaired) electrons. The Kier molecular flexibility index (Phi) is 5.25. The normalized spacial score (nSPS) is 9.86. The van der Waals surface area contributed by atoms with Crippen molar-refractivity contribution in [1.29, 1.82) is 0 Å². The summed E-state index contributed by atoms with van der Waals surface area (Å²) >= 11 is 11.3. The van der Waals surface area contributed by atoms with Gasteiger partial charge in [0.05, 0.1) is 19.9 Å². The number of halogens is 1. The highest BCUT2D eigenvalue weighted by atomic mass is 35.5. The molecule has 6 heteroatoms. The molecular formula is C15H15ClN2O2S. The highest BCUT2D eigenvalue weighted by Gasteiger charge is 2.06. The largest absolute Gasteiger partial charge is 0.497 e. The van der Waals surface area contributed by atoms with E-state index in [-0.39, 0.29) is 0 Å². The minimum atomic E-state index is 0.445. The molecule has 0 aliphatic carbocycles. The van der Waals surface area contributed by atoms with Crippen molar-refractivity contribution in [3.05, 3.63) is 47.5 Å². The van der Waals surface area contributed by atoms with Crippen LogP contribution in [0.25, 0.3) is 0 Å². The Labute approximate surface area is 134 Å². The van der Waals surface area contributed by atoms with E-state index in [2.05, 4.69) is 10.6 Å². The van der Waals surface area contributed by atoms with Gasteiger partial charge in [-0.25, -0.2) is 0 Å². The molecule has 0 fully saturated rings. The maximum Gasteiger partial charge on any atom is 0.175 e. The van der Waals surface area contributed by atoms with Crippen molar-refractivity contribution < 1.29 is 9.47 Å². The predicted octanol–water partition coefficient (Wildman–Crippen LogP) is 4.17. The van der Waals surface area contributed by atoms with Gasteiger partial charge in [0, 0.05) is 10.7 Å². The fourth-order valence-corrected chi connectivity index (χ4v) is 2.14. The van der Waals surface area contributed by atoms with E-state index in [0.29, 0.717) is 21.6 Å². The van der Waals surface area contributed by atoms with E-state index in [1.54, 1.807) is 32.4 Å². The summed E-state index contributed by atoms with van der Waals surface area (Å²) in [6, 6.07) is 12.7. The number of nitrogens with one attached hydrogen (secondary N) is 2. The number of hydrogen-bond acceptors (Lipinski definition) is 3. The molecule has 2 N–H and O–H groups in total. The van der Waals surface area contributed by atoms with Gasteiger partial charge in [-0.1, -0.05) is 11.6 Å². The second-order valence-electron chi connectivity index (χ2n) is 4.15. The Balaban J connectivity index is 2.05. The second-order valence-corrected chi connectivity index (χ2v) is 5.00. The second kappa shape index (κ2) is 7.15. The van der Waals surface area contributed by atoms with E-state index in [1.165, 1.54) is 0 Å². The van der Waals surface area contributed by atoms with E-state index in [4.69, 9.17) is 33.3 Å². The third kappa shape index (κ3) is 4.24. The summed E-state index contributed by atoms with van der Waals surface area (Å²) in [7, 11) is 3.22. The smallest absolute Gasteiger partial charge is 0.175 e. The first-order chi connectivity index (χ1) is 10.1. The Morgan fingerprint density at radius 2 is 1.71 bits per heavy atom. The molecule has 0 aliphatic rings. The van der Waals surface area contributed by atoms with Crippen molar-refractivity contribution in [1.82, 2.24) is 0 Å². The standard InChI is InChI=1S/C15H15ClN2O2S/c1-19-12-6-4-11(5-7-12)17-15(21)18-13-9-10(16)3-8-14(13)20-2/h3-9H,1-2H3,(H2,17,18,21). The molecule has 0 spiro atoms. The fraction of sp³-hybridized carbons (Fsp3) is 0.133. The minimum Gasteiger partial charge on any atom is -0.497 e. The lowest BCUT2D eigenvalue weighted by atomic mass is 10.3. The molecular weight excluding hydrogens is 308 g/mol. The van der Waals surface area contributed by atoms with Gasteiger partial charge in [-0.15, -0.1) is 0 Å². The summed E-state index contributed by atoms with van der Waals surface area (Å²) in [6.07, 6.45) is 0. The molecule has 0 saturated carbocycles. The zero-order valence-corrected chi connectivity index (χ0v) is 13.2. The highest BCUT2D eigenvalue weighted by molar-refractivity contribution is 7.80. The zero-order chi connectivity index (χ0) is 15.2. The molecule has 0 atom stereocenters. The van der Waals surface area contributed by atoms with Crippen LogP contribution < -0.4 is 20.1 Å². The van der Waals surface area contributed by atoms with Crippen LogP contribution in [0.5, 0.6) is 11.5 Å². The van der Waals surface area contributed by atoms with E-state index in [9.17, 15) is 0 Å². The van der Waals surface area contributed by atoms with Crippen molar-refractivity contribution in [3.63, 3.8) is 0 Å². The lowest BCUT2D eigenvalue weighted by molar-refractivity contribution is 0.415. The first-order valence-corrected chi connectivity index (χ1v) is 6.96. The molecule has 0 unspecified atom stereocenters. The molecule has 21 heavy (non-hydrogen) atoms. The van der Waals surface area contributed by atoms with E-state index >= 15 is 0 Å². The number of methoxy groups -OCH3 is 2. The van der Waals surface area contributed by atoms with Gasteiger partial charge < -0.3 is 20.1 Å². The summed E-state index contributed by atoms with van der Waals surface area (Å²) < 4.78 is 10.4. The van der Waals surface area contributed by atoms with Crippen LogP contribution in [0.2, 0.25) is 5.02 Å². The SMILES string of the molecule is COc1ccc(NC(=S)Nc2cc(Cl)ccc2OC)cc1. The average molecular weight is 323 g/mol. The summed E-state index contributed by atoms with van der Waals surface area (Å²) in [5, 5.41) is 7.19. The summed E-state index contributed by atoms with van der Waals surface area (Å²) in [6.45, 7) is 0. The van der Waals surface area contributed by atoms with Crippen LogP contribution in [-0.2, 0) is 0 Å². The van der Waals surface area contributed by atoms with Gasteiger partial charge in [0.1, 0.15) is 11.5 Å².